The lowest BCUT2D eigenvalue weighted by Crippen LogP contribution is -2.35. The number of rotatable bonds is 9. The second-order valence-corrected chi connectivity index (χ2v) is 12.8. The summed E-state index contributed by atoms with van der Waals surface area (Å²) < 4.78 is 58.8. The minimum Gasteiger partial charge on any atom is -0.484 e. The molecule has 9 nitrogen and oxygen atoms in total. The monoisotopic (exact) mass is 543 g/mol. The van der Waals surface area contributed by atoms with Crippen molar-refractivity contribution in [2.45, 2.75) is 29.2 Å². The SMILES string of the molecule is CN(C)S(=O)(=O)c1ccc(CNC(=O)COc2ccc(S(=O)(=O)N3CCCc4ccccc43)cc2)cc1. The Labute approximate surface area is 217 Å². The Morgan fingerprint density at radius 2 is 1.57 bits per heavy atom. The highest BCUT2D eigenvalue weighted by molar-refractivity contribution is 7.92. The topological polar surface area (TPSA) is 113 Å². The molecule has 0 aliphatic carbocycles. The lowest BCUT2D eigenvalue weighted by atomic mass is 10.0. The van der Waals surface area contributed by atoms with Crippen LogP contribution in [-0.2, 0) is 37.8 Å². The van der Waals surface area contributed by atoms with Crippen LogP contribution in [0.25, 0.3) is 0 Å². The van der Waals surface area contributed by atoms with E-state index in [9.17, 15) is 21.6 Å². The summed E-state index contributed by atoms with van der Waals surface area (Å²) in [6.07, 6.45) is 1.60. The van der Waals surface area contributed by atoms with Crippen molar-refractivity contribution in [3.63, 3.8) is 0 Å². The van der Waals surface area contributed by atoms with E-state index in [1.165, 1.54) is 54.8 Å². The fourth-order valence-corrected chi connectivity index (χ4v) is 6.42. The van der Waals surface area contributed by atoms with Crippen molar-refractivity contribution in [1.29, 1.82) is 0 Å². The van der Waals surface area contributed by atoms with E-state index >= 15 is 0 Å². The number of hydrogen-bond donors (Lipinski definition) is 1. The van der Waals surface area contributed by atoms with Gasteiger partial charge >= 0.3 is 0 Å². The van der Waals surface area contributed by atoms with Gasteiger partial charge in [0.1, 0.15) is 5.75 Å². The zero-order valence-corrected chi connectivity index (χ0v) is 22.3. The Hall–Kier alpha value is -3.41. The van der Waals surface area contributed by atoms with Crippen LogP contribution < -0.4 is 14.4 Å². The number of ether oxygens (including phenoxy) is 1. The summed E-state index contributed by atoms with van der Waals surface area (Å²) in [6, 6.07) is 19.8. The van der Waals surface area contributed by atoms with Gasteiger partial charge in [0, 0.05) is 27.2 Å². The Morgan fingerprint density at radius 1 is 0.919 bits per heavy atom. The number of carbonyl (C=O) groups is 1. The summed E-state index contributed by atoms with van der Waals surface area (Å²) in [5, 5.41) is 2.71. The first kappa shape index (κ1) is 26.6. The Kier molecular flexibility index (Phi) is 7.86. The van der Waals surface area contributed by atoms with E-state index in [1.807, 2.05) is 24.3 Å². The first-order chi connectivity index (χ1) is 17.6. The van der Waals surface area contributed by atoms with Gasteiger partial charge in [-0.25, -0.2) is 21.1 Å². The van der Waals surface area contributed by atoms with Gasteiger partial charge in [0.2, 0.25) is 10.0 Å². The van der Waals surface area contributed by atoms with Crippen molar-refractivity contribution in [3.8, 4) is 5.75 Å². The number of benzene rings is 3. The number of anilines is 1. The lowest BCUT2D eigenvalue weighted by Gasteiger charge is -2.30. The van der Waals surface area contributed by atoms with Gasteiger partial charge in [0.25, 0.3) is 15.9 Å². The number of fused-ring (bicyclic) bond motifs is 1. The maximum Gasteiger partial charge on any atom is 0.264 e. The Balaban J connectivity index is 1.31. The van der Waals surface area contributed by atoms with Gasteiger partial charge in [-0.3, -0.25) is 9.10 Å². The van der Waals surface area contributed by atoms with Crippen LogP contribution in [-0.4, -0.2) is 54.3 Å². The second-order valence-electron chi connectivity index (χ2n) is 8.78. The molecule has 0 atom stereocenters. The molecule has 3 aromatic carbocycles. The van der Waals surface area contributed by atoms with Crippen molar-refractivity contribution >= 4 is 31.6 Å². The van der Waals surface area contributed by atoms with Crippen molar-refractivity contribution in [3.05, 3.63) is 83.9 Å². The van der Waals surface area contributed by atoms with Gasteiger partial charge < -0.3 is 10.1 Å². The maximum absolute atomic E-state index is 13.2. The number of hydrogen-bond acceptors (Lipinski definition) is 6. The summed E-state index contributed by atoms with van der Waals surface area (Å²) in [6.45, 7) is 0.379. The minimum atomic E-state index is -3.72. The summed E-state index contributed by atoms with van der Waals surface area (Å²) >= 11 is 0. The fraction of sp³-hybridized carbons (Fsp3) is 0.269. The number of nitrogens with one attached hydrogen (secondary N) is 1. The molecular formula is C26H29N3O6S2. The summed E-state index contributed by atoms with van der Waals surface area (Å²) in [5.41, 5.74) is 2.46. The van der Waals surface area contributed by atoms with Crippen LogP contribution in [0.15, 0.2) is 82.6 Å². The molecule has 0 fully saturated rings. The Bertz CT molecular complexity index is 1470. The predicted octanol–water partition coefficient (Wildman–Crippen LogP) is 2.77. The quantitative estimate of drug-likeness (QED) is 0.444. The van der Waals surface area contributed by atoms with Gasteiger partial charge in [0.15, 0.2) is 6.61 Å². The summed E-state index contributed by atoms with van der Waals surface area (Å²) in [4.78, 5) is 12.5. The maximum atomic E-state index is 13.2. The van der Waals surface area contributed by atoms with Gasteiger partial charge in [0.05, 0.1) is 15.5 Å². The van der Waals surface area contributed by atoms with Crippen LogP contribution in [0, 0.1) is 0 Å². The molecule has 0 radical (unpaired) electrons. The molecule has 1 heterocycles. The highest BCUT2D eigenvalue weighted by Crippen LogP contribution is 2.32. The zero-order chi connectivity index (χ0) is 26.6. The molecule has 0 saturated heterocycles. The molecule has 0 saturated carbocycles. The van der Waals surface area contributed by atoms with Crippen LogP contribution in [0.1, 0.15) is 17.5 Å². The summed E-state index contributed by atoms with van der Waals surface area (Å²) in [5.74, 6) is -0.00185. The molecule has 37 heavy (non-hydrogen) atoms. The number of carbonyl (C=O) groups excluding carboxylic acids is 1. The van der Waals surface area contributed by atoms with Crippen LogP contribution in [0.4, 0.5) is 5.69 Å². The molecule has 1 aliphatic rings. The molecule has 0 aromatic heterocycles. The van der Waals surface area contributed by atoms with Crippen LogP contribution >= 0.6 is 0 Å². The molecule has 1 N–H and O–H groups in total. The normalized spacial score (nSPS) is 13.8. The average Bonchev–Trinajstić information content (AvgIpc) is 2.90. The number of aryl methyl sites for hydroxylation is 1. The highest BCUT2D eigenvalue weighted by atomic mass is 32.2. The van der Waals surface area contributed by atoms with Crippen LogP contribution in [0.5, 0.6) is 5.75 Å². The second kappa shape index (κ2) is 10.9. The molecular weight excluding hydrogens is 514 g/mol. The van der Waals surface area contributed by atoms with E-state index in [1.54, 1.807) is 12.1 Å². The molecule has 1 aliphatic heterocycles. The largest absolute Gasteiger partial charge is 0.484 e. The number of para-hydroxylation sites is 1. The molecule has 3 aromatic rings. The molecule has 1 amide bonds. The van der Waals surface area contributed by atoms with E-state index in [4.69, 9.17) is 4.74 Å². The third-order valence-corrected chi connectivity index (χ3v) is 9.70. The van der Waals surface area contributed by atoms with E-state index in [-0.39, 0.29) is 28.8 Å². The molecule has 0 unspecified atom stereocenters. The van der Waals surface area contributed by atoms with Crippen molar-refractivity contribution in [1.82, 2.24) is 9.62 Å². The van der Waals surface area contributed by atoms with Gasteiger partial charge in [-0.1, -0.05) is 30.3 Å². The fourth-order valence-electron chi connectivity index (χ4n) is 3.97. The first-order valence-electron chi connectivity index (χ1n) is 11.7. The van der Waals surface area contributed by atoms with E-state index in [0.29, 0.717) is 18.0 Å². The van der Waals surface area contributed by atoms with Crippen molar-refractivity contribution in [2.75, 3.05) is 31.6 Å². The van der Waals surface area contributed by atoms with E-state index in [0.717, 1.165) is 28.3 Å². The predicted molar refractivity (Wildman–Crippen MR) is 140 cm³/mol. The number of amides is 1. The lowest BCUT2D eigenvalue weighted by molar-refractivity contribution is -0.123. The van der Waals surface area contributed by atoms with E-state index < -0.39 is 20.0 Å². The highest BCUT2D eigenvalue weighted by Gasteiger charge is 2.28. The third-order valence-electron chi connectivity index (χ3n) is 6.04. The zero-order valence-electron chi connectivity index (χ0n) is 20.6. The van der Waals surface area contributed by atoms with Crippen LogP contribution in [0.2, 0.25) is 0 Å². The number of sulfonamides is 2. The average molecular weight is 544 g/mol. The molecule has 0 spiro atoms. The summed E-state index contributed by atoms with van der Waals surface area (Å²) in [7, 11) is -4.31. The molecule has 4 rings (SSSR count). The van der Waals surface area contributed by atoms with Gasteiger partial charge in [-0.15, -0.1) is 0 Å². The number of nitrogens with zero attached hydrogens (tertiary/aromatic N) is 2. The molecule has 0 bridgehead atoms. The molecule has 196 valence electrons. The Morgan fingerprint density at radius 3 is 2.24 bits per heavy atom. The minimum absolute atomic E-state index is 0.153. The molecule has 11 heteroatoms. The van der Waals surface area contributed by atoms with E-state index in [2.05, 4.69) is 5.32 Å². The smallest absolute Gasteiger partial charge is 0.264 e. The van der Waals surface area contributed by atoms with Crippen LogP contribution in [0.3, 0.4) is 0 Å². The first-order valence-corrected chi connectivity index (χ1v) is 14.6. The third kappa shape index (κ3) is 5.95. The van der Waals surface area contributed by atoms with Crippen molar-refractivity contribution in [2.24, 2.45) is 0 Å². The van der Waals surface area contributed by atoms with Crippen molar-refractivity contribution < 1.29 is 26.4 Å². The van der Waals surface area contributed by atoms with Gasteiger partial charge in [-0.2, -0.15) is 0 Å². The van der Waals surface area contributed by atoms with Gasteiger partial charge in [-0.05, 0) is 66.4 Å². The standard InChI is InChI=1S/C26H29N3O6S2/c1-28(2)36(31,32)23-13-9-20(10-14-23)18-27-26(30)19-35-22-11-15-24(16-12-22)37(33,34)29-17-5-7-21-6-3-4-8-25(21)29/h3-4,6,8-16H,5,7,17-19H2,1-2H3,(H,27,30).